The summed E-state index contributed by atoms with van der Waals surface area (Å²) in [5.41, 5.74) is 1.26. The molecule has 0 aliphatic carbocycles. The van der Waals surface area contributed by atoms with E-state index in [1.165, 1.54) is 24.3 Å². The fourth-order valence-corrected chi connectivity index (χ4v) is 3.54. The molecule has 0 radical (unpaired) electrons. The minimum absolute atomic E-state index is 0.0192. The van der Waals surface area contributed by atoms with Crippen molar-refractivity contribution < 1.29 is 19.1 Å². The molecule has 1 fully saturated rings. The molecule has 0 aromatic heterocycles. The van der Waals surface area contributed by atoms with E-state index < -0.39 is 0 Å². The second-order valence-corrected chi connectivity index (χ2v) is 7.51. The van der Waals surface area contributed by atoms with Gasteiger partial charge in [-0.2, -0.15) is 0 Å². The molecule has 2 aromatic rings. The highest BCUT2D eigenvalue weighted by Gasteiger charge is 2.33. The molecule has 1 aliphatic rings. The molecule has 3 rings (SSSR count). The van der Waals surface area contributed by atoms with Gasteiger partial charge in [0.1, 0.15) is 11.6 Å². The van der Waals surface area contributed by atoms with E-state index in [-0.39, 0.29) is 41.8 Å². The predicted molar refractivity (Wildman–Crippen MR) is 104 cm³/mol. The maximum Gasteiger partial charge on any atom is 0.254 e. The van der Waals surface area contributed by atoms with Gasteiger partial charge in [-0.1, -0.05) is 32.0 Å². The summed E-state index contributed by atoms with van der Waals surface area (Å²) >= 11 is 0. The van der Waals surface area contributed by atoms with Gasteiger partial charge in [-0.3, -0.25) is 9.59 Å². The largest absolute Gasteiger partial charge is 0.508 e. The van der Waals surface area contributed by atoms with E-state index in [9.17, 15) is 19.1 Å². The third kappa shape index (κ3) is 4.50. The number of nitrogens with zero attached hydrogens (tertiary/aromatic N) is 2. The molecule has 28 heavy (non-hydrogen) atoms. The molecular weight excluding hydrogens is 359 g/mol. The molecule has 2 amide bonds. The highest BCUT2D eigenvalue weighted by molar-refractivity contribution is 5.95. The number of carbonyl (C=O) groups excluding carboxylic acids is 2. The summed E-state index contributed by atoms with van der Waals surface area (Å²) in [7, 11) is 0. The maximum absolute atomic E-state index is 13.2. The number of aromatic hydroxyl groups is 1. The molecule has 1 N–H and O–H groups in total. The number of phenols is 1. The lowest BCUT2D eigenvalue weighted by Crippen LogP contribution is -2.47. The van der Waals surface area contributed by atoms with E-state index in [0.29, 0.717) is 25.2 Å². The fraction of sp³-hybridized carbons (Fsp3) is 0.364. The van der Waals surface area contributed by atoms with E-state index in [2.05, 4.69) is 0 Å². The van der Waals surface area contributed by atoms with Gasteiger partial charge < -0.3 is 14.9 Å². The van der Waals surface area contributed by atoms with Crippen molar-refractivity contribution >= 4 is 11.8 Å². The Morgan fingerprint density at radius 2 is 1.93 bits per heavy atom. The normalized spacial score (nSPS) is 17.7. The highest BCUT2D eigenvalue weighted by Crippen LogP contribution is 2.23. The molecule has 6 heteroatoms. The van der Waals surface area contributed by atoms with Gasteiger partial charge in [-0.25, -0.2) is 4.39 Å². The minimum atomic E-state index is -0.311. The van der Waals surface area contributed by atoms with Crippen LogP contribution < -0.4 is 0 Å². The first kappa shape index (κ1) is 19.9. The summed E-state index contributed by atoms with van der Waals surface area (Å²) in [5.74, 6) is -0.349. The predicted octanol–water partition coefficient (Wildman–Crippen LogP) is 3.43. The minimum Gasteiger partial charge on any atom is -0.508 e. The number of phenolic OH excluding ortho intramolecular Hbond substituents is 1. The van der Waals surface area contributed by atoms with Crippen LogP contribution in [0, 0.1) is 11.7 Å². The molecule has 1 heterocycles. The van der Waals surface area contributed by atoms with Crippen molar-refractivity contribution in [3.05, 3.63) is 65.5 Å². The number of benzene rings is 2. The molecular formula is C22H25FN2O3. The van der Waals surface area contributed by atoms with Gasteiger partial charge in [0.05, 0.1) is 6.04 Å². The number of amides is 2. The second kappa shape index (κ2) is 8.42. The van der Waals surface area contributed by atoms with Crippen LogP contribution in [0.1, 0.15) is 36.2 Å². The molecule has 1 atom stereocenters. The number of carbonyl (C=O) groups is 2. The Balaban J connectivity index is 1.83. The van der Waals surface area contributed by atoms with Crippen LogP contribution in [0.3, 0.4) is 0 Å². The third-order valence-corrected chi connectivity index (χ3v) is 5.14. The topological polar surface area (TPSA) is 60.9 Å². The van der Waals surface area contributed by atoms with Crippen LogP contribution in [0.25, 0.3) is 0 Å². The van der Waals surface area contributed by atoms with Gasteiger partial charge in [0.15, 0.2) is 0 Å². The molecule has 0 spiro atoms. The molecule has 2 aromatic carbocycles. The quantitative estimate of drug-likeness (QED) is 0.879. The standard InChI is InChI=1S/C22H25FN2O3/c1-15(2)20-14-24(22(28)17-4-3-5-19(26)12-17)11-10-21(27)25(20)13-16-6-8-18(23)9-7-16/h3-9,12,15,20,26H,10-11,13-14H2,1-2H3/t20-/m1/s1. The van der Waals surface area contributed by atoms with Gasteiger partial charge in [0.25, 0.3) is 5.91 Å². The van der Waals surface area contributed by atoms with E-state index >= 15 is 0 Å². The first-order valence-corrected chi connectivity index (χ1v) is 9.47. The molecule has 0 unspecified atom stereocenters. The number of hydrogen-bond donors (Lipinski definition) is 1. The maximum atomic E-state index is 13.2. The van der Waals surface area contributed by atoms with Gasteiger partial charge in [-0.15, -0.1) is 0 Å². The Kier molecular flexibility index (Phi) is 5.97. The molecule has 1 aliphatic heterocycles. The summed E-state index contributed by atoms with van der Waals surface area (Å²) in [6.45, 7) is 5.18. The van der Waals surface area contributed by atoms with E-state index in [0.717, 1.165) is 5.56 Å². The zero-order valence-corrected chi connectivity index (χ0v) is 16.1. The Morgan fingerprint density at radius 3 is 2.57 bits per heavy atom. The van der Waals surface area contributed by atoms with Gasteiger partial charge in [0, 0.05) is 31.6 Å². The summed E-state index contributed by atoms with van der Waals surface area (Å²) < 4.78 is 13.2. The van der Waals surface area contributed by atoms with Crippen molar-refractivity contribution in [3.8, 4) is 5.75 Å². The first-order chi connectivity index (χ1) is 13.3. The average Bonchev–Trinajstić information content (AvgIpc) is 2.83. The van der Waals surface area contributed by atoms with Gasteiger partial charge >= 0.3 is 0 Å². The highest BCUT2D eigenvalue weighted by atomic mass is 19.1. The Hall–Kier alpha value is -2.89. The van der Waals surface area contributed by atoms with E-state index in [1.807, 2.05) is 13.8 Å². The Bertz CT molecular complexity index is 851. The van der Waals surface area contributed by atoms with Crippen molar-refractivity contribution in [3.63, 3.8) is 0 Å². The number of halogens is 1. The third-order valence-electron chi connectivity index (χ3n) is 5.14. The van der Waals surface area contributed by atoms with Crippen molar-refractivity contribution in [1.29, 1.82) is 0 Å². The summed E-state index contributed by atoms with van der Waals surface area (Å²) in [6, 6.07) is 12.2. The fourth-order valence-electron chi connectivity index (χ4n) is 3.54. The van der Waals surface area contributed by atoms with Crippen molar-refractivity contribution in [2.75, 3.05) is 13.1 Å². The van der Waals surface area contributed by atoms with E-state index in [4.69, 9.17) is 0 Å². The second-order valence-electron chi connectivity index (χ2n) is 7.51. The monoisotopic (exact) mass is 384 g/mol. The lowest BCUT2D eigenvalue weighted by atomic mass is 10.0. The SMILES string of the molecule is CC(C)[C@H]1CN(C(=O)c2cccc(O)c2)CCC(=O)N1Cc1ccc(F)cc1. The average molecular weight is 384 g/mol. The molecule has 0 bridgehead atoms. The van der Waals surface area contributed by atoms with Crippen LogP contribution in [-0.2, 0) is 11.3 Å². The lowest BCUT2D eigenvalue weighted by molar-refractivity contribution is -0.134. The number of rotatable bonds is 4. The molecule has 148 valence electrons. The first-order valence-electron chi connectivity index (χ1n) is 9.47. The van der Waals surface area contributed by atoms with Crippen LogP contribution in [0.4, 0.5) is 4.39 Å². The van der Waals surface area contributed by atoms with Gasteiger partial charge in [-0.05, 0) is 41.8 Å². The van der Waals surface area contributed by atoms with Crippen LogP contribution in [-0.4, -0.2) is 45.9 Å². The zero-order valence-electron chi connectivity index (χ0n) is 16.1. The van der Waals surface area contributed by atoms with Crippen LogP contribution >= 0.6 is 0 Å². The van der Waals surface area contributed by atoms with Crippen LogP contribution in [0.5, 0.6) is 5.75 Å². The summed E-state index contributed by atoms with van der Waals surface area (Å²) in [5, 5.41) is 9.66. The van der Waals surface area contributed by atoms with Crippen LogP contribution in [0.15, 0.2) is 48.5 Å². The summed E-state index contributed by atoms with van der Waals surface area (Å²) in [4.78, 5) is 29.2. The summed E-state index contributed by atoms with van der Waals surface area (Å²) in [6.07, 6.45) is 0.231. The smallest absolute Gasteiger partial charge is 0.254 e. The molecule has 5 nitrogen and oxygen atoms in total. The molecule has 1 saturated heterocycles. The zero-order chi connectivity index (χ0) is 20.3. The van der Waals surface area contributed by atoms with Crippen LogP contribution in [0.2, 0.25) is 0 Å². The Labute approximate surface area is 164 Å². The van der Waals surface area contributed by atoms with E-state index in [1.54, 1.807) is 34.1 Å². The van der Waals surface area contributed by atoms with Crippen molar-refractivity contribution in [1.82, 2.24) is 9.80 Å². The Morgan fingerprint density at radius 1 is 1.21 bits per heavy atom. The lowest BCUT2D eigenvalue weighted by Gasteiger charge is -2.34. The van der Waals surface area contributed by atoms with Crippen molar-refractivity contribution in [2.24, 2.45) is 5.92 Å². The van der Waals surface area contributed by atoms with Gasteiger partial charge in [0.2, 0.25) is 5.91 Å². The molecule has 0 saturated carbocycles. The number of hydrogen-bond acceptors (Lipinski definition) is 3. The van der Waals surface area contributed by atoms with Crippen molar-refractivity contribution in [2.45, 2.75) is 32.9 Å².